The average molecular weight is 249 g/mol. The summed E-state index contributed by atoms with van der Waals surface area (Å²) in [6, 6.07) is 1.34. The number of rotatable bonds is 3. The molecule has 0 saturated carbocycles. The van der Waals surface area contributed by atoms with Gasteiger partial charge >= 0.3 is 0 Å². The number of pyridine rings is 1. The van der Waals surface area contributed by atoms with E-state index in [1.54, 1.807) is 12.6 Å². The zero-order chi connectivity index (χ0) is 12.3. The Kier molecular flexibility index (Phi) is 3.34. The minimum atomic E-state index is -0.306. The van der Waals surface area contributed by atoms with Gasteiger partial charge in [0.2, 0.25) is 0 Å². The van der Waals surface area contributed by atoms with Crippen LogP contribution in [-0.2, 0) is 6.54 Å². The van der Waals surface area contributed by atoms with Crippen molar-refractivity contribution in [3.8, 4) is 0 Å². The minimum Gasteiger partial charge on any atom is -0.367 e. The van der Waals surface area contributed by atoms with E-state index in [0.717, 1.165) is 5.69 Å². The number of nitrogens with zero attached hydrogens (tertiary/aromatic N) is 2. The smallest absolute Gasteiger partial charge is 0.259 e. The van der Waals surface area contributed by atoms with Crippen LogP contribution in [0.3, 0.4) is 0 Å². The first-order valence-corrected chi connectivity index (χ1v) is 5.92. The van der Waals surface area contributed by atoms with Crippen LogP contribution in [0.2, 0.25) is 0 Å². The van der Waals surface area contributed by atoms with Crippen molar-refractivity contribution in [3.63, 3.8) is 0 Å². The number of carbonyl (C=O) groups excluding carboxylic acids is 1. The van der Waals surface area contributed by atoms with Crippen LogP contribution in [0.1, 0.15) is 16.1 Å². The Morgan fingerprint density at radius 3 is 3.06 bits per heavy atom. The molecule has 88 valence electrons. The van der Waals surface area contributed by atoms with Crippen molar-refractivity contribution in [2.45, 2.75) is 6.54 Å². The number of aromatic amines is 1. The van der Waals surface area contributed by atoms with E-state index in [9.17, 15) is 9.59 Å². The SMILES string of the molecule is CN(Cc1cscn1)C(=O)c1c[nH]ccc1=O. The summed E-state index contributed by atoms with van der Waals surface area (Å²) in [4.78, 5) is 31.8. The molecule has 17 heavy (non-hydrogen) atoms. The molecule has 0 unspecified atom stereocenters. The largest absolute Gasteiger partial charge is 0.367 e. The fourth-order valence-corrected chi connectivity index (χ4v) is 1.97. The molecule has 0 radical (unpaired) electrons. The maximum absolute atomic E-state index is 12.0. The van der Waals surface area contributed by atoms with Gasteiger partial charge in [-0.05, 0) is 0 Å². The number of carbonyl (C=O) groups is 1. The normalized spacial score (nSPS) is 10.2. The van der Waals surface area contributed by atoms with Gasteiger partial charge in [0.05, 0.1) is 17.7 Å². The van der Waals surface area contributed by atoms with Crippen molar-refractivity contribution >= 4 is 17.2 Å². The molecule has 0 aliphatic heterocycles. The summed E-state index contributed by atoms with van der Waals surface area (Å²) in [5.41, 5.74) is 2.39. The molecule has 0 aromatic carbocycles. The first-order valence-electron chi connectivity index (χ1n) is 4.98. The molecule has 2 aromatic rings. The molecule has 2 rings (SSSR count). The summed E-state index contributed by atoms with van der Waals surface area (Å²) in [6.45, 7) is 0.399. The quantitative estimate of drug-likeness (QED) is 0.886. The Bertz CT molecular complexity index is 562. The van der Waals surface area contributed by atoms with Gasteiger partial charge < -0.3 is 9.88 Å². The molecule has 0 spiro atoms. The van der Waals surface area contributed by atoms with E-state index in [2.05, 4.69) is 9.97 Å². The van der Waals surface area contributed by atoms with E-state index in [0.29, 0.717) is 6.54 Å². The molecule has 0 fully saturated rings. The fourth-order valence-electron chi connectivity index (χ4n) is 1.42. The standard InChI is InChI=1S/C11H11N3O2S/c1-14(5-8-6-17-7-13-8)11(16)9-4-12-3-2-10(9)15/h2-4,6-7H,5H2,1H3,(H,12,15). The van der Waals surface area contributed by atoms with Gasteiger partial charge in [0.1, 0.15) is 5.56 Å². The van der Waals surface area contributed by atoms with Crippen LogP contribution in [-0.4, -0.2) is 27.8 Å². The molecular formula is C11H11N3O2S. The Morgan fingerprint density at radius 1 is 1.59 bits per heavy atom. The third-order valence-electron chi connectivity index (χ3n) is 2.28. The Labute approximate surface area is 102 Å². The van der Waals surface area contributed by atoms with Crippen molar-refractivity contribution in [3.05, 3.63) is 50.8 Å². The molecule has 0 bridgehead atoms. The van der Waals surface area contributed by atoms with Crippen LogP contribution in [0.15, 0.2) is 34.1 Å². The molecule has 0 saturated heterocycles. The lowest BCUT2D eigenvalue weighted by atomic mass is 10.2. The van der Waals surface area contributed by atoms with E-state index >= 15 is 0 Å². The topological polar surface area (TPSA) is 66.1 Å². The van der Waals surface area contributed by atoms with Gasteiger partial charge in [0.25, 0.3) is 5.91 Å². The number of amides is 1. The average Bonchev–Trinajstić information content (AvgIpc) is 2.81. The molecule has 0 aliphatic rings. The van der Waals surface area contributed by atoms with E-state index < -0.39 is 0 Å². The Balaban J connectivity index is 2.15. The number of hydrogen-bond donors (Lipinski definition) is 1. The first kappa shape index (κ1) is 11.5. The second kappa shape index (κ2) is 4.92. The van der Waals surface area contributed by atoms with Crippen LogP contribution in [0.25, 0.3) is 0 Å². The third-order valence-corrected chi connectivity index (χ3v) is 2.92. The number of thiazole rings is 1. The molecule has 1 amide bonds. The second-order valence-corrected chi connectivity index (χ2v) is 4.28. The van der Waals surface area contributed by atoms with Crippen molar-refractivity contribution < 1.29 is 4.79 Å². The van der Waals surface area contributed by atoms with E-state index in [4.69, 9.17) is 0 Å². The summed E-state index contributed by atoms with van der Waals surface area (Å²) < 4.78 is 0. The Hall–Kier alpha value is -1.95. The molecule has 2 aromatic heterocycles. The zero-order valence-corrected chi connectivity index (χ0v) is 10.0. The van der Waals surface area contributed by atoms with Crippen LogP contribution in [0.5, 0.6) is 0 Å². The van der Waals surface area contributed by atoms with Gasteiger partial charge in [0.15, 0.2) is 5.43 Å². The number of H-pyrrole nitrogens is 1. The Morgan fingerprint density at radius 2 is 2.41 bits per heavy atom. The van der Waals surface area contributed by atoms with Crippen molar-refractivity contribution in [1.82, 2.24) is 14.9 Å². The van der Waals surface area contributed by atoms with Crippen LogP contribution in [0.4, 0.5) is 0 Å². The number of hydrogen-bond acceptors (Lipinski definition) is 4. The monoisotopic (exact) mass is 249 g/mol. The summed E-state index contributed by atoms with van der Waals surface area (Å²) in [7, 11) is 1.65. The number of nitrogens with one attached hydrogen (secondary N) is 1. The lowest BCUT2D eigenvalue weighted by molar-refractivity contribution is 0.0782. The highest BCUT2D eigenvalue weighted by atomic mass is 32.1. The van der Waals surface area contributed by atoms with Gasteiger partial charge in [0, 0.05) is 30.9 Å². The predicted octanol–water partition coefficient (Wildman–Crippen LogP) is 1.10. The van der Waals surface area contributed by atoms with E-state index in [1.165, 1.54) is 34.7 Å². The molecule has 2 heterocycles. The highest BCUT2D eigenvalue weighted by molar-refractivity contribution is 7.07. The van der Waals surface area contributed by atoms with E-state index in [-0.39, 0.29) is 16.9 Å². The molecule has 5 nitrogen and oxygen atoms in total. The summed E-state index contributed by atoms with van der Waals surface area (Å²) >= 11 is 1.48. The van der Waals surface area contributed by atoms with Crippen LogP contribution >= 0.6 is 11.3 Å². The zero-order valence-electron chi connectivity index (χ0n) is 9.21. The van der Waals surface area contributed by atoms with Gasteiger partial charge in [-0.3, -0.25) is 9.59 Å². The molecule has 1 N–H and O–H groups in total. The maximum atomic E-state index is 12.0. The molecule has 0 atom stereocenters. The number of aromatic nitrogens is 2. The van der Waals surface area contributed by atoms with Crippen molar-refractivity contribution in [2.24, 2.45) is 0 Å². The van der Waals surface area contributed by atoms with Crippen LogP contribution < -0.4 is 5.43 Å². The summed E-state index contributed by atoms with van der Waals surface area (Å²) in [5.74, 6) is -0.306. The lowest BCUT2D eigenvalue weighted by Crippen LogP contribution is -2.30. The molecule has 0 aliphatic carbocycles. The van der Waals surface area contributed by atoms with Crippen molar-refractivity contribution in [2.75, 3.05) is 7.05 Å². The molecular weight excluding hydrogens is 238 g/mol. The lowest BCUT2D eigenvalue weighted by Gasteiger charge is -2.15. The fraction of sp³-hybridized carbons (Fsp3) is 0.182. The second-order valence-electron chi connectivity index (χ2n) is 3.56. The van der Waals surface area contributed by atoms with Crippen molar-refractivity contribution in [1.29, 1.82) is 0 Å². The molecule has 6 heteroatoms. The highest BCUT2D eigenvalue weighted by Crippen LogP contribution is 2.06. The summed E-state index contributed by atoms with van der Waals surface area (Å²) in [5, 5.41) is 1.87. The van der Waals surface area contributed by atoms with Gasteiger partial charge in [-0.1, -0.05) is 0 Å². The first-order chi connectivity index (χ1) is 8.18. The van der Waals surface area contributed by atoms with Crippen LogP contribution in [0, 0.1) is 0 Å². The maximum Gasteiger partial charge on any atom is 0.259 e. The van der Waals surface area contributed by atoms with Gasteiger partial charge in [-0.15, -0.1) is 11.3 Å². The highest BCUT2D eigenvalue weighted by Gasteiger charge is 2.15. The van der Waals surface area contributed by atoms with E-state index in [1.807, 2.05) is 5.38 Å². The van der Waals surface area contributed by atoms with Gasteiger partial charge in [-0.25, -0.2) is 4.98 Å². The third kappa shape index (κ3) is 2.59. The summed E-state index contributed by atoms with van der Waals surface area (Å²) in [6.07, 6.45) is 2.92. The predicted molar refractivity (Wildman–Crippen MR) is 65.0 cm³/mol. The van der Waals surface area contributed by atoms with Gasteiger partial charge in [-0.2, -0.15) is 0 Å². The minimum absolute atomic E-state index is 0.144.